The van der Waals surface area contributed by atoms with Gasteiger partial charge in [-0.1, -0.05) is 0 Å². The average molecular weight is 292 g/mol. The maximum atomic E-state index is 13.9. The molecule has 2 aromatic rings. The van der Waals surface area contributed by atoms with Gasteiger partial charge >= 0.3 is 5.97 Å². The summed E-state index contributed by atoms with van der Waals surface area (Å²) in [7, 11) is 0. The molecule has 0 amide bonds. The van der Waals surface area contributed by atoms with Crippen molar-refractivity contribution in [2.75, 3.05) is 12.3 Å². The van der Waals surface area contributed by atoms with Gasteiger partial charge in [0, 0.05) is 0 Å². The maximum Gasteiger partial charge on any atom is 0.361 e. The summed E-state index contributed by atoms with van der Waals surface area (Å²) in [6.45, 7) is 1.72. The summed E-state index contributed by atoms with van der Waals surface area (Å²) in [5.74, 6) is -2.78. The molecule has 0 aliphatic rings. The predicted octanol–water partition coefficient (Wildman–Crippen LogP) is 1.78. The Kier molecular flexibility index (Phi) is 3.84. The molecule has 0 unspecified atom stereocenters. The zero-order valence-corrected chi connectivity index (χ0v) is 10.9. The number of benzene rings is 1. The fourth-order valence-corrected chi connectivity index (χ4v) is 1.71. The third-order valence-corrected chi connectivity index (χ3v) is 2.59. The van der Waals surface area contributed by atoms with Crippen molar-refractivity contribution in [3.8, 4) is 11.8 Å². The van der Waals surface area contributed by atoms with Crippen LogP contribution in [0.25, 0.3) is 5.69 Å². The molecular weight excluding hydrogens is 282 g/mol. The Balaban J connectivity index is 2.52. The standard InChI is InChI=1S/C13H10F2N4O2/c1-2-21-13(20)11-10(17)6-19(18-11)12-8(14)3-7(5-16)4-9(12)15/h3-4,6H,2,17H2,1H3. The molecule has 0 saturated carbocycles. The number of esters is 1. The summed E-state index contributed by atoms with van der Waals surface area (Å²) in [5, 5.41) is 12.4. The molecule has 21 heavy (non-hydrogen) atoms. The molecule has 2 rings (SSSR count). The van der Waals surface area contributed by atoms with Crippen LogP contribution >= 0.6 is 0 Å². The highest BCUT2D eigenvalue weighted by molar-refractivity contribution is 5.92. The molecule has 0 saturated heterocycles. The van der Waals surface area contributed by atoms with Crippen LogP contribution in [0.4, 0.5) is 14.5 Å². The van der Waals surface area contributed by atoms with E-state index in [2.05, 4.69) is 5.10 Å². The Morgan fingerprint density at radius 3 is 2.62 bits per heavy atom. The van der Waals surface area contributed by atoms with Gasteiger partial charge in [0.2, 0.25) is 0 Å². The van der Waals surface area contributed by atoms with Crippen molar-refractivity contribution in [1.82, 2.24) is 9.78 Å². The number of anilines is 1. The van der Waals surface area contributed by atoms with Crippen LogP contribution in [0.5, 0.6) is 0 Å². The van der Waals surface area contributed by atoms with Crippen LogP contribution in [-0.4, -0.2) is 22.4 Å². The van der Waals surface area contributed by atoms with Crippen molar-refractivity contribution in [1.29, 1.82) is 5.26 Å². The van der Waals surface area contributed by atoms with Crippen molar-refractivity contribution < 1.29 is 18.3 Å². The zero-order chi connectivity index (χ0) is 15.6. The lowest BCUT2D eigenvalue weighted by Gasteiger charge is -2.05. The lowest BCUT2D eigenvalue weighted by atomic mass is 10.2. The molecule has 1 aromatic carbocycles. The first-order valence-electron chi connectivity index (χ1n) is 5.89. The van der Waals surface area contributed by atoms with Crippen molar-refractivity contribution in [2.24, 2.45) is 0 Å². The number of aromatic nitrogens is 2. The van der Waals surface area contributed by atoms with E-state index >= 15 is 0 Å². The van der Waals surface area contributed by atoms with Gasteiger partial charge in [-0.2, -0.15) is 10.4 Å². The Hall–Kier alpha value is -2.95. The Bertz CT molecular complexity index is 726. The molecule has 2 N–H and O–H groups in total. The second kappa shape index (κ2) is 5.58. The Morgan fingerprint density at radius 1 is 1.48 bits per heavy atom. The van der Waals surface area contributed by atoms with Crippen molar-refractivity contribution in [3.63, 3.8) is 0 Å². The first-order chi connectivity index (χ1) is 9.97. The monoisotopic (exact) mass is 292 g/mol. The van der Waals surface area contributed by atoms with Gasteiger partial charge in [-0.05, 0) is 19.1 Å². The fourth-order valence-electron chi connectivity index (χ4n) is 1.71. The number of hydrogen-bond donors (Lipinski definition) is 1. The van der Waals surface area contributed by atoms with Crippen molar-refractivity contribution in [3.05, 3.63) is 41.2 Å². The van der Waals surface area contributed by atoms with E-state index in [1.807, 2.05) is 0 Å². The number of nitrogen functional groups attached to an aromatic ring is 1. The number of nitrogens with zero attached hydrogens (tertiary/aromatic N) is 3. The SMILES string of the molecule is CCOC(=O)c1nn(-c2c(F)cc(C#N)cc2F)cc1N. The third-order valence-electron chi connectivity index (χ3n) is 2.59. The smallest absolute Gasteiger partial charge is 0.361 e. The zero-order valence-electron chi connectivity index (χ0n) is 10.9. The number of nitrogens with two attached hydrogens (primary N) is 1. The number of rotatable bonds is 3. The highest BCUT2D eigenvalue weighted by Crippen LogP contribution is 2.22. The van der Waals surface area contributed by atoms with E-state index in [-0.39, 0.29) is 23.6 Å². The van der Waals surface area contributed by atoms with Gasteiger partial charge in [-0.25, -0.2) is 18.3 Å². The van der Waals surface area contributed by atoms with E-state index in [9.17, 15) is 13.6 Å². The molecule has 0 fully saturated rings. The number of hydrogen-bond acceptors (Lipinski definition) is 5. The number of carbonyl (C=O) groups excluding carboxylic acids is 1. The van der Waals surface area contributed by atoms with E-state index in [0.29, 0.717) is 0 Å². The van der Waals surface area contributed by atoms with Crippen LogP contribution in [0.3, 0.4) is 0 Å². The van der Waals surface area contributed by atoms with Crippen molar-refractivity contribution >= 4 is 11.7 Å². The molecule has 0 spiro atoms. The topological polar surface area (TPSA) is 93.9 Å². The highest BCUT2D eigenvalue weighted by atomic mass is 19.1. The van der Waals surface area contributed by atoms with Gasteiger partial charge in [0.05, 0.1) is 30.1 Å². The molecule has 1 aromatic heterocycles. The second-order valence-electron chi connectivity index (χ2n) is 4.00. The van der Waals surface area contributed by atoms with E-state index in [1.54, 1.807) is 13.0 Å². The molecule has 1 heterocycles. The average Bonchev–Trinajstić information content (AvgIpc) is 2.80. The quantitative estimate of drug-likeness (QED) is 0.870. The van der Waals surface area contributed by atoms with E-state index in [4.69, 9.17) is 15.7 Å². The lowest BCUT2D eigenvalue weighted by molar-refractivity contribution is 0.0520. The number of carbonyl (C=O) groups is 1. The third kappa shape index (κ3) is 2.67. The van der Waals surface area contributed by atoms with Crippen LogP contribution in [-0.2, 0) is 4.74 Å². The second-order valence-corrected chi connectivity index (χ2v) is 4.00. The highest BCUT2D eigenvalue weighted by Gasteiger charge is 2.20. The summed E-state index contributed by atoms with van der Waals surface area (Å²) in [4.78, 5) is 11.6. The Labute approximate surface area is 118 Å². The minimum Gasteiger partial charge on any atom is -0.461 e. The first kappa shape index (κ1) is 14.5. The molecule has 0 aliphatic heterocycles. The number of ether oxygens (including phenoxy) is 1. The minimum atomic E-state index is -0.996. The first-order valence-corrected chi connectivity index (χ1v) is 5.89. The molecule has 0 radical (unpaired) electrons. The van der Waals surface area contributed by atoms with Gasteiger partial charge in [-0.3, -0.25) is 0 Å². The predicted molar refractivity (Wildman–Crippen MR) is 68.6 cm³/mol. The van der Waals surface area contributed by atoms with E-state index in [0.717, 1.165) is 23.0 Å². The van der Waals surface area contributed by atoms with Gasteiger partial charge in [0.15, 0.2) is 17.3 Å². The van der Waals surface area contributed by atoms with Crippen LogP contribution in [0.15, 0.2) is 18.3 Å². The summed E-state index contributed by atoms with van der Waals surface area (Å²) >= 11 is 0. The summed E-state index contributed by atoms with van der Waals surface area (Å²) in [5.41, 5.74) is 4.58. The van der Waals surface area contributed by atoms with Crippen LogP contribution in [0.2, 0.25) is 0 Å². The minimum absolute atomic E-state index is 0.0726. The van der Waals surface area contributed by atoms with Gasteiger partial charge in [0.1, 0.15) is 5.69 Å². The van der Waals surface area contributed by atoms with Crippen molar-refractivity contribution in [2.45, 2.75) is 6.92 Å². The molecule has 0 bridgehead atoms. The fraction of sp³-hybridized carbons (Fsp3) is 0.154. The van der Waals surface area contributed by atoms with Gasteiger partial charge < -0.3 is 10.5 Å². The molecule has 108 valence electrons. The van der Waals surface area contributed by atoms with E-state index in [1.165, 1.54) is 0 Å². The lowest BCUT2D eigenvalue weighted by Crippen LogP contribution is -2.09. The van der Waals surface area contributed by atoms with Crippen LogP contribution in [0, 0.1) is 23.0 Å². The number of nitriles is 1. The van der Waals surface area contributed by atoms with Crippen LogP contribution < -0.4 is 5.73 Å². The number of halogens is 2. The Morgan fingerprint density at radius 2 is 2.10 bits per heavy atom. The summed E-state index contributed by atoms with van der Waals surface area (Å²) in [6.07, 6.45) is 1.10. The maximum absolute atomic E-state index is 13.9. The molecular formula is C13H10F2N4O2. The molecule has 6 nitrogen and oxygen atoms in total. The molecule has 8 heteroatoms. The van der Waals surface area contributed by atoms with E-state index < -0.39 is 23.3 Å². The summed E-state index contributed by atoms with van der Waals surface area (Å²) in [6, 6.07) is 3.35. The molecule has 0 aliphatic carbocycles. The van der Waals surface area contributed by atoms with Gasteiger partial charge in [-0.15, -0.1) is 0 Å². The van der Waals surface area contributed by atoms with Crippen LogP contribution in [0.1, 0.15) is 23.0 Å². The van der Waals surface area contributed by atoms with Gasteiger partial charge in [0.25, 0.3) is 0 Å². The normalized spacial score (nSPS) is 10.2. The molecule has 0 atom stereocenters. The largest absolute Gasteiger partial charge is 0.461 e. The summed E-state index contributed by atoms with van der Waals surface area (Å²) < 4.78 is 33.3.